The molecule has 9 nitrogen and oxygen atoms in total. The fourth-order valence-electron chi connectivity index (χ4n) is 2.62. The minimum atomic E-state index is -0.489. The van der Waals surface area contributed by atoms with Crippen LogP contribution in [-0.2, 0) is 20.6 Å². The van der Waals surface area contributed by atoms with Gasteiger partial charge in [0.2, 0.25) is 0 Å². The quantitative estimate of drug-likeness (QED) is 0.474. The van der Waals surface area contributed by atoms with Crippen molar-refractivity contribution in [2.45, 2.75) is 6.54 Å². The molecule has 24 heavy (non-hydrogen) atoms. The Hall–Kier alpha value is -3.36. The summed E-state index contributed by atoms with van der Waals surface area (Å²) in [5.74, 6) is 0. The van der Waals surface area contributed by atoms with E-state index in [1.165, 1.54) is 9.25 Å². The van der Waals surface area contributed by atoms with Gasteiger partial charge in [0.1, 0.15) is 5.69 Å². The van der Waals surface area contributed by atoms with Crippen molar-refractivity contribution >= 4 is 22.2 Å². The zero-order valence-electron chi connectivity index (χ0n) is 13.0. The second kappa shape index (κ2) is 5.08. The van der Waals surface area contributed by atoms with Gasteiger partial charge in [0.25, 0.3) is 5.56 Å². The number of hydrogen-bond acceptors (Lipinski definition) is 6. The first-order chi connectivity index (χ1) is 11.5. The first-order valence-corrected chi connectivity index (χ1v) is 7.26. The Bertz CT molecular complexity index is 1200. The molecule has 9 heteroatoms. The fourth-order valence-corrected chi connectivity index (χ4v) is 2.62. The average Bonchev–Trinajstić information content (AvgIpc) is 3.00. The molecule has 4 aromatic rings. The van der Waals surface area contributed by atoms with Crippen LogP contribution in [0.4, 0.5) is 0 Å². The summed E-state index contributed by atoms with van der Waals surface area (Å²) in [7, 11) is 3.29. The van der Waals surface area contributed by atoms with Gasteiger partial charge in [-0.1, -0.05) is 17.3 Å². The van der Waals surface area contributed by atoms with E-state index in [2.05, 4.69) is 20.3 Å². The molecule has 0 fully saturated rings. The molecule has 0 atom stereocenters. The SMILES string of the molecule is Cn1cc(Cn2c(=O)c3nc4ccccc4nc3n(C)c2=O)nn1. The maximum Gasteiger partial charge on any atom is 0.332 e. The van der Waals surface area contributed by atoms with Crippen LogP contribution in [0.1, 0.15) is 5.69 Å². The molecule has 0 aliphatic heterocycles. The highest BCUT2D eigenvalue weighted by molar-refractivity contribution is 5.83. The lowest BCUT2D eigenvalue weighted by Gasteiger charge is -2.09. The summed E-state index contributed by atoms with van der Waals surface area (Å²) in [6.07, 6.45) is 1.65. The van der Waals surface area contributed by atoms with Crippen LogP contribution < -0.4 is 11.2 Å². The molecule has 120 valence electrons. The Balaban J connectivity index is 2.03. The third-order valence-corrected chi connectivity index (χ3v) is 3.81. The van der Waals surface area contributed by atoms with Crippen molar-refractivity contribution in [3.8, 4) is 0 Å². The van der Waals surface area contributed by atoms with E-state index in [1.54, 1.807) is 32.4 Å². The molecule has 0 saturated carbocycles. The maximum absolute atomic E-state index is 12.7. The minimum absolute atomic E-state index is 0.0315. The maximum atomic E-state index is 12.7. The summed E-state index contributed by atoms with van der Waals surface area (Å²) in [6, 6.07) is 7.22. The number of nitrogens with zero attached hydrogens (tertiary/aromatic N) is 7. The summed E-state index contributed by atoms with van der Waals surface area (Å²) in [5.41, 5.74) is 1.21. The third-order valence-electron chi connectivity index (χ3n) is 3.81. The molecule has 0 spiro atoms. The Morgan fingerprint density at radius 1 is 1.04 bits per heavy atom. The Morgan fingerprint density at radius 2 is 1.75 bits per heavy atom. The van der Waals surface area contributed by atoms with Crippen molar-refractivity contribution in [3.05, 3.63) is 57.0 Å². The Morgan fingerprint density at radius 3 is 2.42 bits per heavy atom. The summed E-state index contributed by atoms with van der Waals surface area (Å²) in [4.78, 5) is 34.1. The lowest BCUT2D eigenvalue weighted by Crippen LogP contribution is -2.40. The van der Waals surface area contributed by atoms with Crippen molar-refractivity contribution in [2.75, 3.05) is 0 Å². The van der Waals surface area contributed by atoms with E-state index in [0.717, 1.165) is 4.57 Å². The van der Waals surface area contributed by atoms with Crippen LogP contribution in [0.2, 0.25) is 0 Å². The number of para-hydroxylation sites is 2. The molecule has 1 aromatic carbocycles. The monoisotopic (exact) mass is 323 g/mol. The highest BCUT2D eigenvalue weighted by atomic mass is 16.2. The van der Waals surface area contributed by atoms with Crippen molar-refractivity contribution in [3.63, 3.8) is 0 Å². The van der Waals surface area contributed by atoms with Gasteiger partial charge in [0.15, 0.2) is 11.2 Å². The summed E-state index contributed by atoms with van der Waals surface area (Å²) in [6.45, 7) is 0.0315. The van der Waals surface area contributed by atoms with Gasteiger partial charge in [-0.25, -0.2) is 14.8 Å². The van der Waals surface area contributed by atoms with Crippen molar-refractivity contribution in [1.82, 2.24) is 34.1 Å². The van der Waals surface area contributed by atoms with E-state index < -0.39 is 11.2 Å². The van der Waals surface area contributed by atoms with E-state index in [9.17, 15) is 9.59 Å². The number of aryl methyl sites for hydroxylation is 2. The van der Waals surface area contributed by atoms with Gasteiger partial charge in [0, 0.05) is 20.3 Å². The Kier molecular flexibility index (Phi) is 3.02. The first kappa shape index (κ1) is 14.2. The molecule has 0 unspecified atom stereocenters. The number of rotatable bonds is 2. The molecule has 0 N–H and O–H groups in total. The normalized spacial score (nSPS) is 11.4. The second-order valence-electron chi connectivity index (χ2n) is 5.50. The number of fused-ring (bicyclic) bond motifs is 2. The van der Waals surface area contributed by atoms with Gasteiger partial charge in [-0.2, -0.15) is 0 Å². The summed E-state index contributed by atoms with van der Waals surface area (Å²) >= 11 is 0. The van der Waals surface area contributed by atoms with Gasteiger partial charge in [-0.15, -0.1) is 5.10 Å². The standard InChI is InChI=1S/C15H13N7O2/c1-20-7-9(18-19-20)8-22-14(23)12-13(21(2)15(22)24)17-11-6-4-3-5-10(11)16-12/h3-7H,8H2,1-2H3. The van der Waals surface area contributed by atoms with E-state index in [1.807, 2.05) is 12.1 Å². The van der Waals surface area contributed by atoms with Crippen LogP contribution in [0, 0.1) is 0 Å². The second-order valence-corrected chi connectivity index (χ2v) is 5.50. The number of benzene rings is 1. The van der Waals surface area contributed by atoms with Gasteiger partial charge in [-0.05, 0) is 12.1 Å². The molecule has 3 heterocycles. The van der Waals surface area contributed by atoms with Gasteiger partial charge < -0.3 is 0 Å². The number of hydrogen-bond donors (Lipinski definition) is 0. The highest BCUT2D eigenvalue weighted by Gasteiger charge is 2.15. The van der Waals surface area contributed by atoms with Crippen LogP contribution >= 0.6 is 0 Å². The zero-order valence-corrected chi connectivity index (χ0v) is 13.0. The van der Waals surface area contributed by atoms with E-state index in [0.29, 0.717) is 16.7 Å². The molecule has 0 aliphatic carbocycles. The molecular formula is C15H13N7O2. The number of aromatic nitrogens is 7. The lowest BCUT2D eigenvalue weighted by molar-refractivity contribution is 0.643. The molecule has 0 bridgehead atoms. The van der Waals surface area contributed by atoms with Crippen molar-refractivity contribution in [1.29, 1.82) is 0 Å². The van der Waals surface area contributed by atoms with Crippen LogP contribution in [0.3, 0.4) is 0 Å². The van der Waals surface area contributed by atoms with E-state index >= 15 is 0 Å². The molecule has 0 aliphatic rings. The van der Waals surface area contributed by atoms with Crippen molar-refractivity contribution < 1.29 is 0 Å². The smallest absolute Gasteiger partial charge is 0.279 e. The predicted octanol–water partition coefficient (Wildman–Crippen LogP) is -0.180. The molecule has 4 rings (SSSR count). The Labute approximate surface area is 134 Å². The van der Waals surface area contributed by atoms with Crippen LogP contribution in [0.15, 0.2) is 40.1 Å². The van der Waals surface area contributed by atoms with E-state index in [-0.39, 0.29) is 17.7 Å². The molecule has 0 radical (unpaired) electrons. The molecule has 3 aromatic heterocycles. The van der Waals surface area contributed by atoms with Crippen LogP contribution in [-0.4, -0.2) is 34.1 Å². The predicted molar refractivity (Wildman–Crippen MR) is 86.7 cm³/mol. The lowest BCUT2D eigenvalue weighted by atomic mass is 10.3. The van der Waals surface area contributed by atoms with E-state index in [4.69, 9.17) is 0 Å². The highest BCUT2D eigenvalue weighted by Crippen LogP contribution is 2.11. The van der Waals surface area contributed by atoms with Crippen LogP contribution in [0.5, 0.6) is 0 Å². The zero-order chi connectivity index (χ0) is 16.8. The minimum Gasteiger partial charge on any atom is -0.279 e. The third kappa shape index (κ3) is 2.09. The van der Waals surface area contributed by atoms with Crippen LogP contribution in [0.25, 0.3) is 22.2 Å². The molecule has 0 saturated heterocycles. The van der Waals surface area contributed by atoms with Gasteiger partial charge in [-0.3, -0.25) is 18.6 Å². The fraction of sp³-hybridized carbons (Fsp3) is 0.200. The largest absolute Gasteiger partial charge is 0.332 e. The average molecular weight is 323 g/mol. The molecular weight excluding hydrogens is 310 g/mol. The van der Waals surface area contributed by atoms with Gasteiger partial charge >= 0.3 is 5.69 Å². The van der Waals surface area contributed by atoms with Gasteiger partial charge in [0.05, 0.1) is 17.6 Å². The molecule has 0 amide bonds. The van der Waals surface area contributed by atoms with Crippen molar-refractivity contribution in [2.24, 2.45) is 14.1 Å². The topological polar surface area (TPSA) is 100 Å². The first-order valence-electron chi connectivity index (χ1n) is 7.26. The summed E-state index contributed by atoms with van der Waals surface area (Å²) < 4.78 is 3.93. The summed E-state index contributed by atoms with van der Waals surface area (Å²) in [5, 5.41) is 7.73.